The highest BCUT2D eigenvalue weighted by Gasteiger charge is 2.27. The second kappa shape index (κ2) is 7.79. The highest BCUT2D eigenvalue weighted by Crippen LogP contribution is 2.30. The number of methoxy groups -OCH3 is 1. The first-order valence-electron chi connectivity index (χ1n) is 7.34. The van der Waals surface area contributed by atoms with Crippen molar-refractivity contribution in [3.05, 3.63) is 33.9 Å². The van der Waals surface area contributed by atoms with Crippen LogP contribution in [0.15, 0.2) is 18.3 Å². The van der Waals surface area contributed by atoms with Crippen molar-refractivity contribution in [1.29, 1.82) is 0 Å². The average molecular weight is 384 g/mol. The zero-order valence-electron chi connectivity index (χ0n) is 14.3. The molecule has 0 unspecified atom stereocenters. The highest BCUT2D eigenvalue weighted by molar-refractivity contribution is 7.17. The number of amides is 1. The molecular weight excluding hydrogens is 366 g/mol. The number of aromatic nitrogens is 2. The Morgan fingerprint density at radius 2 is 2.12 bits per heavy atom. The molecule has 134 valence electrons. The Labute approximate surface area is 154 Å². The fraction of sp³-hybridized carbons (Fsp3) is 0.375. The summed E-state index contributed by atoms with van der Waals surface area (Å²) in [5, 5.41) is 0.327. The van der Waals surface area contributed by atoms with Crippen LogP contribution in [-0.4, -0.2) is 35.1 Å². The van der Waals surface area contributed by atoms with E-state index in [1.165, 1.54) is 12.0 Å². The number of anilines is 1. The molecular formula is C16H18ClN3O4S. The van der Waals surface area contributed by atoms with Crippen LogP contribution in [-0.2, 0) is 11.3 Å². The van der Waals surface area contributed by atoms with Crippen LogP contribution < -0.4 is 9.64 Å². The number of thiazole rings is 1. The van der Waals surface area contributed by atoms with E-state index in [-0.39, 0.29) is 21.7 Å². The molecule has 9 heteroatoms. The predicted molar refractivity (Wildman–Crippen MR) is 95.7 cm³/mol. The lowest BCUT2D eigenvalue weighted by atomic mass is 10.2. The van der Waals surface area contributed by atoms with Crippen LogP contribution in [0.3, 0.4) is 0 Å². The quantitative estimate of drug-likeness (QED) is 0.727. The molecule has 0 aliphatic rings. The van der Waals surface area contributed by atoms with Gasteiger partial charge in [0.1, 0.15) is 10.5 Å². The second-order valence-corrected chi connectivity index (χ2v) is 7.41. The van der Waals surface area contributed by atoms with E-state index in [2.05, 4.69) is 9.97 Å². The van der Waals surface area contributed by atoms with Crippen molar-refractivity contribution >= 4 is 40.4 Å². The molecule has 2 aromatic rings. The van der Waals surface area contributed by atoms with Gasteiger partial charge in [0, 0.05) is 12.3 Å². The number of rotatable bonds is 5. The predicted octanol–water partition coefficient (Wildman–Crippen LogP) is 3.95. The van der Waals surface area contributed by atoms with Crippen LogP contribution in [0.2, 0.25) is 5.15 Å². The maximum absolute atomic E-state index is 12.6. The molecule has 0 aliphatic carbocycles. The van der Waals surface area contributed by atoms with E-state index in [0.717, 1.165) is 16.9 Å². The van der Waals surface area contributed by atoms with Gasteiger partial charge in [-0.05, 0) is 26.3 Å². The maximum Gasteiger partial charge on any atom is 0.416 e. The van der Waals surface area contributed by atoms with E-state index >= 15 is 0 Å². The van der Waals surface area contributed by atoms with Gasteiger partial charge in [0.15, 0.2) is 16.6 Å². The minimum Gasteiger partial charge on any atom is -0.481 e. The van der Waals surface area contributed by atoms with Gasteiger partial charge in [0.25, 0.3) is 0 Å². The first-order valence-corrected chi connectivity index (χ1v) is 8.54. The summed E-state index contributed by atoms with van der Waals surface area (Å²) >= 11 is 6.95. The summed E-state index contributed by atoms with van der Waals surface area (Å²) in [5.41, 5.74) is 0.0628. The zero-order valence-corrected chi connectivity index (χ0v) is 15.8. The molecule has 0 saturated heterocycles. The standard InChI is InChI=1S/C16H18ClN3O4S/c1-16(2,3)24-15(22)20(14-19-13(17)11(9-21)25-14)8-10-5-6-12(23-4)18-7-10/h5-7,9H,8H2,1-4H3. The normalized spacial score (nSPS) is 11.1. The van der Waals surface area contributed by atoms with Crippen molar-refractivity contribution in [3.63, 3.8) is 0 Å². The van der Waals surface area contributed by atoms with E-state index in [9.17, 15) is 9.59 Å². The van der Waals surface area contributed by atoms with Crippen molar-refractivity contribution < 1.29 is 19.1 Å². The molecule has 0 saturated carbocycles. The second-order valence-electron chi connectivity index (χ2n) is 6.04. The van der Waals surface area contributed by atoms with Gasteiger partial charge >= 0.3 is 6.09 Å². The Bertz CT molecular complexity index is 756. The summed E-state index contributed by atoms with van der Waals surface area (Å²) in [7, 11) is 1.52. The van der Waals surface area contributed by atoms with Gasteiger partial charge in [0.05, 0.1) is 13.7 Å². The third-order valence-corrected chi connectivity index (χ3v) is 4.30. The first kappa shape index (κ1) is 19.1. The summed E-state index contributed by atoms with van der Waals surface area (Å²) < 4.78 is 10.5. The third-order valence-electron chi connectivity index (χ3n) is 2.90. The summed E-state index contributed by atoms with van der Waals surface area (Å²) in [6, 6.07) is 3.47. The van der Waals surface area contributed by atoms with Crippen molar-refractivity contribution in [1.82, 2.24) is 9.97 Å². The van der Waals surface area contributed by atoms with Gasteiger partial charge in [0.2, 0.25) is 5.88 Å². The van der Waals surface area contributed by atoms with E-state index in [1.807, 2.05) is 0 Å². The van der Waals surface area contributed by atoms with E-state index < -0.39 is 11.7 Å². The number of nitrogens with zero attached hydrogens (tertiary/aromatic N) is 3. The number of hydrogen-bond acceptors (Lipinski definition) is 7. The summed E-state index contributed by atoms with van der Waals surface area (Å²) in [5.74, 6) is 0.466. The van der Waals surface area contributed by atoms with Gasteiger partial charge in [-0.1, -0.05) is 29.0 Å². The SMILES string of the molecule is COc1ccc(CN(C(=O)OC(C)(C)C)c2nc(Cl)c(C=O)s2)cn1. The Hall–Kier alpha value is -2.19. The molecule has 2 rings (SSSR count). The molecule has 25 heavy (non-hydrogen) atoms. The lowest BCUT2D eigenvalue weighted by molar-refractivity contribution is 0.0577. The van der Waals surface area contributed by atoms with Crippen LogP contribution in [0.1, 0.15) is 36.0 Å². The topological polar surface area (TPSA) is 81.6 Å². The molecule has 0 radical (unpaired) electrons. The lowest BCUT2D eigenvalue weighted by Crippen LogP contribution is -2.36. The van der Waals surface area contributed by atoms with Crippen molar-refractivity contribution in [2.75, 3.05) is 12.0 Å². The molecule has 0 N–H and O–H groups in total. The Kier molecular flexibility index (Phi) is 5.97. The van der Waals surface area contributed by atoms with E-state index in [1.54, 1.807) is 39.1 Å². The van der Waals surface area contributed by atoms with Gasteiger partial charge in [-0.2, -0.15) is 0 Å². The van der Waals surface area contributed by atoms with Gasteiger partial charge in [-0.15, -0.1) is 0 Å². The van der Waals surface area contributed by atoms with Gasteiger partial charge < -0.3 is 9.47 Å². The van der Waals surface area contributed by atoms with Crippen LogP contribution >= 0.6 is 22.9 Å². The number of hydrogen-bond donors (Lipinski definition) is 0. The maximum atomic E-state index is 12.6. The highest BCUT2D eigenvalue weighted by atomic mass is 35.5. The monoisotopic (exact) mass is 383 g/mol. The van der Waals surface area contributed by atoms with Gasteiger partial charge in [-0.25, -0.2) is 19.7 Å². The number of carbonyl (C=O) groups is 2. The third kappa shape index (κ3) is 5.14. The number of pyridine rings is 1. The number of carbonyl (C=O) groups excluding carboxylic acids is 2. The minimum atomic E-state index is -0.679. The first-order chi connectivity index (χ1) is 11.7. The van der Waals surface area contributed by atoms with Crippen LogP contribution in [0.4, 0.5) is 9.93 Å². The summed E-state index contributed by atoms with van der Waals surface area (Å²) in [6.07, 6.45) is 1.60. The smallest absolute Gasteiger partial charge is 0.416 e. The van der Waals surface area contributed by atoms with Crippen LogP contribution in [0, 0.1) is 0 Å². The largest absolute Gasteiger partial charge is 0.481 e. The molecule has 2 aromatic heterocycles. The van der Waals surface area contributed by atoms with Gasteiger partial charge in [-0.3, -0.25) is 4.79 Å². The molecule has 0 bridgehead atoms. The number of ether oxygens (including phenoxy) is 2. The van der Waals surface area contributed by atoms with Crippen molar-refractivity contribution in [3.8, 4) is 5.88 Å². The lowest BCUT2D eigenvalue weighted by Gasteiger charge is -2.25. The fourth-order valence-corrected chi connectivity index (χ4v) is 2.88. The molecule has 1 amide bonds. The van der Waals surface area contributed by atoms with Crippen LogP contribution in [0.25, 0.3) is 0 Å². The van der Waals surface area contributed by atoms with Crippen molar-refractivity contribution in [2.24, 2.45) is 0 Å². The Morgan fingerprint density at radius 3 is 2.60 bits per heavy atom. The van der Waals surface area contributed by atoms with Crippen molar-refractivity contribution in [2.45, 2.75) is 32.9 Å². The Balaban J connectivity index is 2.33. The van der Waals surface area contributed by atoms with E-state index in [0.29, 0.717) is 12.2 Å². The fourth-order valence-electron chi connectivity index (χ4n) is 1.83. The number of halogens is 1. The Morgan fingerprint density at radius 1 is 1.40 bits per heavy atom. The minimum absolute atomic E-state index is 0.0522. The summed E-state index contributed by atoms with van der Waals surface area (Å²) in [6.45, 7) is 5.46. The average Bonchev–Trinajstić information content (AvgIpc) is 2.92. The molecule has 0 fully saturated rings. The molecule has 2 heterocycles. The molecule has 0 spiro atoms. The molecule has 0 atom stereocenters. The zero-order chi connectivity index (χ0) is 18.6. The van der Waals surface area contributed by atoms with E-state index in [4.69, 9.17) is 21.1 Å². The number of aldehydes is 1. The molecule has 0 aliphatic heterocycles. The molecule has 0 aromatic carbocycles. The van der Waals surface area contributed by atoms with Crippen LogP contribution in [0.5, 0.6) is 5.88 Å². The summed E-state index contributed by atoms with van der Waals surface area (Å²) in [4.78, 5) is 33.4. The molecule has 7 nitrogen and oxygen atoms in total.